The van der Waals surface area contributed by atoms with Gasteiger partial charge >= 0.3 is 0 Å². The number of ether oxygens (including phenoxy) is 1. The molecule has 1 fully saturated rings. The Kier molecular flexibility index (Phi) is 7.56. The molecule has 2 amide bonds. The predicted molar refractivity (Wildman–Crippen MR) is 144 cm³/mol. The Labute approximate surface area is 220 Å². The Hall–Kier alpha value is -4.04. The number of rotatable bonds is 6. The van der Waals surface area contributed by atoms with Crippen LogP contribution in [0.3, 0.4) is 0 Å². The Bertz CT molecular complexity index is 1340. The van der Waals surface area contributed by atoms with Crippen LogP contribution in [0.1, 0.15) is 24.4 Å². The Morgan fingerprint density at radius 3 is 2.38 bits per heavy atom. The summed E-state index contributed by atoms with van der Waals surface area (Å²) in [6, 6.07) is 21.5. The highest BCUT2D eigenvalue weighted by atomic mass is 32.1. The summed E-state index contributed by atoms with van der Waals surface area (Å²) in [7, 11) is 0. The number of nitrogens with zero attached hydrogens (tertiary/aromatic N) is 4. The third-order valence-corrected chi connectivity index (χ3v) is 7.48. The second-order valence-corrected chi connectivity index (χ2v) is 9.77. The normalized spacial score (nSPS) is 15.8. The maximum atomic E-state index is 13.4. The summed E-state index contributed by atoms with van der Waals surface area (Å²) >= 11 is 1.54. The fraction of sp³-hybridized carbons (Fsp3) is 0.241. The molecule has 8 heteroatoms. The van der Waals surface area contributed by atoms with Gasteiger partial charge in [-0.2, -0.15) is 0 Å². The van der Waals surface area contributed by atoms with E-state index in [2.05, 4.69) is 17.1 Å². The Balaban J connectivity index is 1.31. The third kappa shape index (κ3) is 5.86. The zero-order valence-corrected chi connectivity index (χ0v) is 21.4. The monoisotopic (exact) mass is 512 g/mol. The average molecular weight is 513 g/mol. The number of thiazole rings is 1. The molecule has 37 heavy (non-hydrogen) atoms. The maximum Gasteiger partial charge on any atom is 0.261 e. The molecular weight excluding hydrogens is 484 g/mol. The molecule has 1 saturated heterocycles. The highest BCUT2D eigenvalue weighted by Gasteiger charge is 2.32. The van der Waals surface area contributed by atoms with Crippen molar-refractivity contribution in [1.82, 2.24) is 19.8 Å². The van der Waals surface area contributed by atoms with Crippen LogP contribution in [0.5, 0.6) is 5.75 Å². The van der Waals surface area contributed by atoms with Crippen LogP contribution in [0, 0.1) is 0 Å². The SMILES string of the molecule is CC(=O)N1CCC(c2nc(-c3ccncc3)cs2)N(C(=O)COc2ccc(-c3ccccc3)cc2)CC1. The van der Waals surface area contributed by atoms with E-state index < -0.39 is 0 Å². The van der Waals surface area contributed by atoms with Gasteiger partial charge in [-0.1, -0.05) is 42.5 Å². The van der Waals surface area contributed by atoms with Gasteiger partial charge in [0.05, 0.1) is 11.7 Å². The number of hydrogen-bond acceptors (Lipinski definition) is 6. The van der Waals surface area contributed by atoms with Crippen LogP contribution >= 0.6 is 11.3 Å². The van der Waals surface area contributed by atoms with Crippen molar-refractivity contribution in [2.24, 2.45) is 0 Å². The van der Waals surface area contributed by atoms with Gasteiger partial charge in [-0.3, -0.25) is 14.6 Å². The molecule has 1 unspecified atom stereocenters. The molecule has 7 nitrogen and oxygen atoms in total. The molecule has 188 valence electrons. The lowest BCUT2D eigenvalue weighted by Crippen LogP contribution is -2.40. The lowest BCUT2D eigenvalue weighted by atomic mass is 10.1. The second kappa shape index (κ2) is 11.3. The molecule has 1 aliphatic heterocycles. The number of hydrogen-bond donors (Lipinski definition) is 0. The molecule has 1 atom stereocenters. The van der Waals surface area contributed by atoms with Gasteiger partial charge in [-0.05, 0) is 41.8 Å². The van der Waals surface area contributed by atoms with E-state index in [4.69, 9.17) is 9.72 Å². The summed E-state index contributed by atoms with van der Waals surface area (Å²) in [6.07, 6.45) is 4.11. The number of pyridine rings is 1. The number of carbonyl (C=O) groups is 2. The van der Waals surface area contributed by atoms with Gasteiger partial charge in [0.15, 0.2) is 6.61 Å². The van der Waals surface area contributed by atoms with Gasteiger partial charge in [-0.25, -0.2) is 4.98 Å². The molecule has 3 heterocycles. The number of carbonyl (C=O) groups excluding carboxylic acids is 2. The van der Waals surface area contributed by atoms with Gasteiger partial charge in [0.25, 0.3) is 5.91 Å². The largest absolute Gasteiger partial charge is 0.484 e. The highest BCUT2D eigenvalue weighted by Crippen LogP contribution is 2.32. The van der Waals surface area contributed by atoms with E-state index in [0.717, 1.165) is 27.4 Å². The molecule has 5 rings (SSSR count). The highest BCUT2D eigenvalue weighted by molar-refractivity contribution is 7.10. The van der Waals surface area contributed by atoms with Crippen LogP contribution < -0.4 is 4.74 Å². The van der Waals surface area contributed by atoms with Gasteiger partial charge in [0.1, 0.15) is 10.8 Å². The van der Waals surface area contributed by atoms with Gasteiger partial charge in [0, 0.05) is 49.9 Å². The molecule has 1 aliphatic rings. The zero-order valence-electron chi connectivity index (χ0n) is 20.6. The first-order valence-electron chi connectivity index (χ1n) is 12.3. The lowest BCUT2D eigenvalue weighted by Gasteiger charge is -2.28. The molecule has 4 aromatic rings. The molecule has 0 radical (unpaired) electrons. The summed E-state index contributed by atoms with van der Waals surface area (Å²) in [6.45, 7) is 2.99. The molecule has 0 N–H and O–H groups in total. The molecule has 0 spiro atoms. The molecule has 0 bridgehead atoms. The average Bonchev–Trinajstić information content (AvgIpc) is 3.32. The molecule has 2 aromatic carbocycles. The van der Waals surface area contributed by atoms with E-state index in [9.17, 15) is 9.59 Å². The van der Waals surface area contributed by atoms with Gasteiger partial charge in [0.2, 0.25) is 5.91 Å². The first-order valence-corrected chi connectivity index (χ1v) is 13.2. The molecular formula is C29H28N4O3S. The van der Waals surface area contributed by atoms with Crippen molar-refractivity contribution in [3.05, 3.63) is 89.5 Å². The third-order valence-electron chi connectivity index (χ3n) is 6.53. The predicted octanol–water partition coefficient (Wildman–Crippen LogP) is 5.07. The fourth-order valence-electron chi connectivity index (χ4n) is 4.50. The molecule has 2 aromatic heterocycles. The smallest absolute Gasteiger partial charge is 0.261 e. The quantitative estimate of drug-likeness (QED) is 0.360. The van der Waals surface area contributed by atoms with Crippen LogP contribution in [-0.2, 0) is 9.59 Å². The zero-order chi connectivity index (χ0) is 25.6. The first-order chi connectivity index (χ1) is 18.1. The van der Waals surface area contributed by atoms with E-state index in [1.165, 1.54) is 11.3 Å². The van der Waals surface area contributed by atoms with E-state index in [0.29, 0.717) is 31.8 Å². The van der Waals surface area contributed by atoms with Crippen molar-refractivity contribution < 1.29 is 14.3 Å². The van der Waals surface area contributed by atoms with Crippen LogP contribution in [0.4, 0.5) is 0 Å². The minimum atomic E-state index is -0.221. The number of benzene rings is 2. The first kappa shape index (κ1) is 24.6. The topological polar surface area (TPSA) is 75.6 Å². The summed E-state index contributed by atoms with van der Waals surface area (Å²) in [5, 5.41) is 2.86. The standard InChI is InChI=1S/C29H28N4O3S/c1-21(34)32-16-13-27(29-31-26(20-37-29)24-11-14-30-15-12-24)33(18-17-32)28(35)19-36-25-9-7-23(8-10-25)22-5-3-2-4-6-22/h2-12,14-15,20,27H,13,16-19H2,1H3. The van der Waals surface area contributed by atoms with E-state index >= 15 is 0 Å². The molecule has 0 aliphatic carbocycles. The second-order valence-electron chi connectivity index (χ2n) is 8.88. The summed E-state index contributed by atoms with van der Waals surface area (Å²) in [5.41, 5.74) is 4.06. The summed E-state index contributed by atoms with van der Waals surface area (Å²) < 4.78 is 5.89. The van der Waals surface area contributed by atoms with Crippen molar-refractivity contribution in [1.29, 1.82) is 0 Å². The fourth-order valence-corrected chi connectivity index (χ4v) is 5.47. The van der Waals surface area contributed by atoms with Crippen molar-refractivity contribution in [2.45, 2.75) is 19.4 Å². The van der Waals surface area contributed by atoms with E-state index in [1.807, 2.05) is 64.9 Å². The maximum absolute atomic E-state index is 13.4. The van der Waals surface area contributed by atoms with Crippen molar-refractivity contribution >= 4 is 23.2 Å². The van der Waals surface area contributed by atoms with Crippen LogP contribution in [0.2, 0.25) is 0 Å². The van der Waals surface area contributed by atoms with Crippen LogP contribution in [0.25, 0.3) is 22.4 Å². The van der Waals surface area contributed by atoms with Crippen molar-refractivity contribution in [3.8, 4) is 28.1 Å². The Morgan fingerprint density at radius 1 is 0.919 bits per heavy atom. The van der Waals surface area contributed by atoms with Gasteiger partial charge in [-0.15, -0.1) is 11.3 Å². The van der Waals surface area contributed by atoms with E-state index in [1.54, 1.807) is 24.2 Å². The van der Waals surface area contributed by atoms with Crippen molar-refractivity contribution in [3.63, 3.8) is 0 Å². The number of aromatic nitrogens is 2. The van der Waals surface area contributed by atoms with Gasteiger partial charge < -0.3 is 14.5 Å². The van der Waals surface area contributed by atoms with Crippen LogP contribution in [-0.4, -0.2) is 57.8 Å². The Morgan fingerprint density at radius 2 is 1.65 bits per heavy atom. The van der Waals surface area contributed by atoms with E-state index in [-0.39, 0.29) is 24.5 Å². The number of amides is 2. The van der Waals surface area contributed by atoms with Crippen LogP contribution in [0.15, 0.2) is 84.5 Å². The minimum Gasteiger partial charge on any atom is -0.484 e. The molecule has 0 saturated carbocycles. The van der Waals surface area contributed by atoms with Crippen molar-refractivity contribution in [2.75, 3.05) is 26.2 Å². The lowest BCUT2D eigenvalue weighted by molar-refractivity contribution is -0.136. The summed E-state index contributed by atoms with van der Waals surface area (Å²) in [4.78, 5) is 38.0. The summed E-state index contributed by atoms with van der Waals surface area (Å²) in [5.74, 6) is 0.529. The minimum absolute atomic E-state index is 0.0134.